The number of nitrogens with one attached hydrogen (secondary N) is 2. The summed E-state index contributed by atoms with van der Waals surface area (Å²) in [7, 11) is 0. The summed E-state index contributed by atoms with van der Waals surface area (Å²) in [6.07, 6.45) is 1.58. The molecule has 30 heavy (non-hydrogen) atoms. The Bertz CT molecular complexity index is 1090. The Labute approximate surface area is 178 Å². The highest BCUT2D eigenvalue weighted by molar-refractivity contribution is 8.01. The topological polar surface area (TPSA) is 79.8 Å². The highest BCUT2D eigenvalue weighted by Gasteiger charge is 2.28. The molecule has 7 heteroatoms. The van der Waals surface area contributed by atoms with Crippen molar-refractivity contribution in [2.75, 3.05) is 5.32 Å². The third-order valence-electron chi connectivity index (χ3n) is 4.32. The Kier molecular flexibility index (Phi) is 6.10. The molecule has 4 rings (SSSR count). The predicted molar refractivity (Wildman–Crippen MR) is 118 cm³/mol. The zero-order valence-corrected chi connectivity index (χ0v) is 16.8. The number of nitrogens with zero attached hydrogens (tertiary/aromatic N) is 1. The summed E-state index contributed by atoms with van der Waals surface area (Å²) in [5, 5.41) is 6.35. The van der Waals surface area contributed by atoms with E-state index in [9.17, 15) is 9.59 Å². The third-order valence-corrected chi connectivity index (χ3v) is 5.59. The van der Waals surface area contributed by atoms with Crippen LogP contribution in [-0.2, 0) is 9.59 Å². The standard InChI is InChI=1S/C23H19N3O3S/c27-22(14-21-23(28)25-19-11-4-5-12-20(19)30-21)26-24-15-16-7-6-10-18(13-16)29-17-8-2-1-3-9-17/h1-13,15,21H,14H2,(H,25,28)(H,26,27)/b24-15+. The molecule has 0 aromatic heterocycles. The third kappa shape index (κ3) is 5.07. The zero-order valence-electron chi connectivity index (χ0n) is 15.9. The summed E-state index contributed by atoms with van der Waals surface area (Å²) in [5.41, 5.74) is 4.05. The van der Waals surface area contributed by atoms with Crippen molar-refractivity contribution in [2.45, 2.75) is 16.6 Å². The number of para-hydroxylation sites is 2. The summed E-state index contributed by atoms with van der Waals surface area (Å²) >= 11 is 1.38. The van der Waals surface area contributed by atoms with E-state index in [0.717, 1.165) is 21.9 Å². The van der Waals surface area contributed by atoms with E-state index >= 15 is 0 Å². The number of fused-ring (bicyclic) bond motifs is 1. The minimum absolute atomic E-state index is 0.0410. The summed E-state index contributed by atoms with van der Waals surface area (Å²) in [6, 6.07) is 24.4. The van der Waals surface area contributed by atoms with Crippen molar-refractivity contribution in [1.82, 2.24) is 5.43 Å². The molecule has 3 aromatic rings. The summed E-state index contributed by atoms with van der Waals surface area (Å²) < 4.78 is 5.79. The second kappa shape index (κ2) is 9.28. The maximum atomic E-state index is 12.2. The number of hydrogen-bond acceptors (Lipinski definition) is 5. The Morgan fingerprint density at radius 3 is 2.67 bits per heavy atom. The van der Waals surface area contributed by atoms with E-state index in [-0.39, 0.29) is 18.2 Å². The highest BCUT2D eigenvalue weighted by atomic mass is 32.2. The lowest BCUT2D eigenvalue weighted by Crippen LogP contribution is -2.33. The van der Waals surface area contributed by atoms with Crippen molar-refractivity contribution in [3.05, 3.63) is 84.4 Å². The minimum Gasteiger partial charge on any atom is -0.457 e. The first kappa shape index (κ1) is 19.7. The summed E-state index contributed by atoms with van der Waals surface area (Å²) in [5.74, 6) is 0.911. The van der Waals surface area contributed by atoms with Crippen molar-refractivity contribution in [3.8, 4) is 11.5 Å². The molecule has 2 N–H and O–H groups in total. The van der Waals surface area contributed by atoms with E-state index in [1.807, 2.05) is 78.9 Å². The van der Waals surface area contributed by atoms with Gasteiger partial charge in [0.25, 0.3) is 0 Å². The Morgan fingerprint density at radius 2 is 1.80 bits per heavy atom. The minimum atomic E-state index is -0.488. The SMILES string of the molecule is O=C(CC1Sc2ccccc2NC1=O)N/N=C/c1cccc(Oc2ccccc2)c1. The van der Waals surface area contributed by atoms with Crippen LogP contribution in [0.15, 0.2) is 88.9 Å². The van der Waals surface area contributed by atoms with E-state index in [0.29, 0.717) is 5.75 Å². The van der Waals surface area contributed by atoms with Gasteiger partial charge in [-0.25, -0.2) is 5.43 Å². The number of thioether (sulfide) groups is 1. The molecule has 6 nitrogen and oxygen atoms in total. The first-order valence-corrected chi connectivity index (χ1v) is 10.3. The Balaban J connectivity index is 1.32. The van der Waals surface area contributed by atoms with Crippen molar-refractivity contribution < 1.29 is 14.3 Å². The molecular formula is C23H19N3O3S. The van der Waals surface area contributed by atoms with Crippen LogP contribution in [0.3, 0.4) is 0 Å². The lowest BCUT2D eigenvalue weighted by molar-refractivity contribution is -0.124. The van der Waals surface area contributed by atoms with Gasteiger partial charge in [-0.1, -0.05) is 42.5 Å². The summed E-state index contributed by atoms with van der Waals surface area (Å²) in [4.78, 5) is 25.4. The van der Waals surface area contributed by atoms with Gasteiger partial charge in [-0.2, -0.15) is 5.10 Å². The molecule has 0 fully saturated rings. The molecule has 0 bridgehead atoms. The van der Waals surface area contributed by atoms with Crippen molar-refractivity contribution in [1.29, 1.82) is 0 Å². The highest BCUT2D eigenvalue weighted by Crippen LogP contribution is 2.36. The molecule has 1 atom stereocenters. The lowest BCUT2D eigenvalue weighted by atomic mass is 10.2. The number of hydrazone groups is 1. The van der Waals surface area contributed by atoms with Crippen molar-refractivity contribution in [3.63, 3.8) is 0 Å². The number of hydrogen-bond donors (Lipinski definition) is 2. The van der Waals surface area contributed by atoms with Crippen molar-refractivity contribution >= 4 is 35.5 Å². The van der Waals surface area contributed by atoms with Crippen LogP contribution in [0.5, 0.6) is 11.5 Å². The van der Waals surface area contributed by atoms with Gasteiger partial charge in [0.1, 0.15) is 11.5 Å². The fourth-order valence-corrected chi connectivity index (χ4v) is 4.01. The van der Waals surface area contributed by atoms with E-state index in [2.05, 4.69) is 15.8 Å². The number of carbonyl (C=O) groups is 2. The van der Waals surface area contributed by atoms with E-state index in [4.69, 9.17) is 4.74 Å². The first-order valence-electron chi connectivity index (χ1n) is 9.39. The molecule has 1 aliphatic rings. The second-order valence-corrected chi connectivity index (χ2v) is 7.82. The number of rotatable bonds is 6. The fraction of sp³-hybridized carbons (Fsp3) is 0.0870. The van der Waals surface area contributed by atoms with Gasteiger partial charge in [0.05, 0.1) is 17.2 Å². The van der Waals surface area contributed by atoms with Crippen LogP contribution in [0.1, 0.15) is 12.0 Å². The van der Waals surface area contributed by atoms with Gasteiger partial charge in [-0.05, 0) is 42.0 Å². The molecule has 0 saturated heterocycles. The molecule has 0 radical (unpaired) electrons. The molecule has 0 saturated carbocycles. The molecule has 1 aliphatic heterocycles. The molecule has 1 unspecified atom stereocenters. The number of carbonyl (C=O) groups excluding carboxylic acids is 2. The molecule has 2 amide bonds. The zero-order chi connectivity index (χ0) is 20.8. The van der Waals surface area contributed by atoms with Gasteiger partial charge in [-0.15, -0.1) is 11.8 Å². The lowest BCUT2D eigenvalue weighted by Gasteiger charge is -2.23. The maximum absolute atomic E-state index is 12.2. The van der Waals surface area contributed by atoms with Gasteiger partial charge in [0.15, 0.2) is 0 Å². The van der Waals surface area contributed by atoms with Gasteiger partial charge in [0, 0.05) is 11.3 Å². The monoisotopic (exact) mass is 417 g/mol. The molecule has 0 spiro atoms. The van der Waals surface area contributed by atoms with E-state index < -0.39 is 5.25 Å². The summed E-state index contributed by atoms with van der Waals surface area (Å²) in [6.45, 7) is 0. The van der Waals surface area contributed by atoms with Crippen LogP contribution in [0.4, 0.5) is 5.69 Å². The van der Waals surface area contributed by atoms with E-state index in [1.165, 1.54) is 11.8 Å². The van der Waals surface area contributed by atoms with Crippen LogP contribution in [0, 0.1) is 0 Å². The normalized spacial score (nSPS) is 15.3. The molecular weight excluding hydrogens is 398 g/mol. The molecule has 3 aromatic carbocycles. The fourth-order valence-electron chi connectivity index (χ4n) is 2.90. The molecule has 150 valence electrons. The molecule has 0 aliphatic carbocycles. The quantitative estimate of drug-likeness (QED) is 0.459. The van der Waals surface area contributed by atoms with E-state index in [1.54, 1.807) is 6.21 Å². The number of ether oxygens (including phenoxy) is 1. The number of benzene rings is 3. The average molecular weight is 417 g/mol. The average Bonchev–Trinajstić information content (AvgIpc) is 2.75. The molecule has 1 heterocycles. The number of amides is 2. The Morgan fingerprint density at radius 1 is 1.03 bits per heavy atom. The second-order valence-electron chi connectivity index (χ2n) is 6.58. The van der Waals surface area contributed by atoms with Crippen molar-refractivity contribution in [2.24, 2.45) is 5.10 Å². The van der Waals surface area contributed by atoms with Gasteiger partial charge in [0.2, 0.25) is 11.8 Å². The first-order chi connectivity index (χ1) is 14.7. The predicted octanol–water partition coefficient (Wildman–Crippen LogP) is 4.43. The van der Waals surface area contributed by atoms with Gasteiger partial charge < -0.3 is 10.1 Å². The maximum Gasteiger partial charge on any atom is 0.241 e. The largest absolute Gasteiger partial charge is 0.457 e. The van der Waals surface area contributed by atoms with Crippen LogP contribution in [0.25, 0.3) is 0 Å². The smallest absolute Gasteiger partial charge is 0.241 e. The van der Waals surface area contributed by atoms with Crippen LogP contribution in [-0.4, -0.2) is 23.3 Å². The van der Waals surface area contributed by atoms with Gasteiger partial charge in [-0.3, -0.25) is 9.59 Å². The van der Waals surface area contributed by atoms with Gasteiger partial charge >= 0.3 is 0 Å². The van der Waals surface area contributed by atoms with Crippen LogP contribution in [0.2, 0.25) is 0 Å². The number of anilines is 1. The Hall–Kier alpha value is -3.58. The van der Waals surface area contributed by atoms with Crippen LogP contribution < -0.4 is 15.5 Å². The van der Waals surface area contributed by atoms with Crippen LogP contribution >= 0.6 is 11.8 Å².